The molecule has 0 aliphatic heterocycles. The van der Waals surface area contributed by atoms with Gasteiger partial charge in [-0.05, 0) is 30.5 Å². The number of nitrogens with one attached hydrogen (secondary N) is 1. The fourth-order valence-corrected chi connectivity index (χ4v) is 2.65. The van der Waals surface area contributed by atoms with Gasteiger partial charge >= 0.3 is 5.97 Å². The zero-order chi connectivity index (χ0) is 16.3. The largest absolute Gasteiger partial charge is 0.495 e. The molecule has 0 radical (unpaired) electrons. The van der Waals surface area contributed by atoms with E-state index in [1.54, 1.807) is 19.2 Å². The number of carbonyl (C=O) groups is 2. The van der Waals surface area contributed by atoms with E-state index in [1.807, 2.05) is 0 Å². The van der Waals surface area contributed by atoms with Crippen LogP contribution in [0.4, 0.5) is 0 Å². The predicted molar refractivity (Wildman–Crippen MR) is 80.0 cm³/mol. The molecule has 1 saturated carbocycles. The number of carbonyl (C=O) groups excluding carboxylic acids is 1. The summed E-state index contributed by atoms with van der Waals surface area (Å²) in [7, 11) is 3.07. The molecule has 0 aromatic heterocycles. The van der Waals surface area contributed by atoms with Crippen molar-refractivity contribution in [2.75, 3.05) is 14.2 Å². The van der Waals surface area contributed by atoms with Gasteiger partial charge in [0, 0.05) is 13.0 Å². The molecule has 0 heterocycles. The van der Waals surface area contributed by atoms with Crippen molar-refractivity contribution in [2.45, 2.75) is 25.0 Å². The van der Waals surface area contributed by atoms with E-state index in [1.165, 1.54) is 13.2 Å². The van der Waals surface area contributed by atoms with Gasteiger partial charge in [0.2, 0.25) is 5.91 Å². The van der Waals surface area contributed by atoms with Crippen molar-refractivity contribution in [3.05, 3.63) is 28.8 Å². The summed E-state index contributed by atoms with van der Waals surface area (Å²) < 4.78 is 10.1. The molecule has 1 aliphatic carbocycles. The lowest BCUT2D eigenvalue weighted by Gasteiger charge is -2.33. The number of carboxylic acid groups (broad SMARTS) is 1. The maximum atomic E-state index is 12.1. The molecule has 0 saturated heterocycles. The highest BCUT2D eigenvalue weighted by Gasteiger charge is 2.36. The first kappa shape index (κ1) is 16.6. The first-order valence-corrected chi connectivity index (χ1v) is 7.23. The van der Waals surface area contributed by atoms with Crippen molar-refractivity contribution in [2.24, 2.45) is 5.92 Å². The minimum Gasteiger partial charge on any atom is -0.495 e. The van der Waals surface area contributed by atoms with Crippen LogP contribution in [-0.2, 0) is 14.3 Å². The summed E-state index contributed by atoms with van der Waals surface area (Å²) in [6.07, 6.45) is 1.30. The normalized spacial score (nSPS) is 21.6. The second-order valence-electron chi connectivity index (χ2n) is 5.20. The average Bonchev–Trinajstić information content (AvgIpc) is 2.43. The molecule has 22 heavy (non-hydrogen) atoms. The summed E-state index contributed by atoms with van der Waals surface area (Å²) in [6.45, 7) is 0. The third kappa shape index (κ3) is 3.51. The Morgan fingerprint density at radius 2 is 2.05 bits per heavy atom. The number of amides is 1. The maximum Gasteiger partial charge on any atom is 0.330 e. The van der Waals surface area contributed by atoms with Crippen molar-refractivity contribution in [1.29, 1.82) is 0 Å². The summed E-state index contributed by atoms with van der Waals surface area (Å²) in [4.78, 5) is 23.5. The Bertz CT molecular complexity index is 571. The zero-order valence-corrected chi connectivity index (χ0v) is 13.1. The quantitative estimate of drug-likeness (QED) is 0.835. The Hall–Kier alpha value is -1.79. The molecule has 120 valence electrons. The number of hydrogen-bond acceptors (Lipinski definition) is 4. The topological polar surface area (TPSA) is 84.9 Å². The number of methoxy groups -OCH3 is 2. The van der Waals surface area contributed by atoms with E-state index in [0.29, 0.717) is 29.2 Å². The number of rotatable bonds is 6. The van der Waals surface area contributed by atoms with Crippen LogP contribution in [0.2, 0.25) is 5.02 Å². The van der Waals surface area contributed by atoms with Crippen LogP contribution in [0.1, 0.15) is 24.4 Å². The van der Waals surface area contributed by atoms with Gasteiger partial charge in [-0.3, -0.25) is 4.79 Å². The van der Waals surface area contributed by atoms with Crippen LogP contribution in [0.5, 0.6) is 5.75 Å². The Labute approximate surface area is 133 Å². The number of benzene rings is 1. The van der Waals surface area contributed by atoms with E-state index in [0.717, 1.165) is 0 Å². The standard InChI is InChI=1S/C15H18ClNO5/c1-21-10-5-9(6-10)14(18)17-13(15(19)20)8-3-4-12(22-2)11(16)7-8/h3-4,7,9-10,13H,5-6H2,1-2H3,(H,17,18)(H,19,20). The molecule has 0 bridgehead atoms. The fraction of sp³-hybridized carbons (Fsp3) is 0.467. The fourth-order valence-electron chi connectivity index (χ4n) is 2.38. The number of ether oxygens (including phenoxy) is 2. The van der Waals surface area contributed by atoms with E-state index < -0.39 is 12.0 Å². The van der Waals surface area contributed by atoms with Gasteiger partial charge in [0.1, 0.15) is 5.75 Å². The molecule has 1 aliphatic rings. The van der Waals surface area contributed by atoms with Crippen LogP contribution in [-0.4, -0.2) is 37.3 Å². The number of hydrogen-bond donors (Lipinski definition) is 2. The molecule has 1 aromatic rings. The molecular weight excluding hydrogens is 310 g/mol. The monoisotopic (exact) mass is 327 g/mol. The number of halogens is 1. The zero-order valence-electron chi connectivity index (χ0n) is 12.3. The lowest BCUT2D eigenvalue weighted by molar-refractivity contribution is -0.144. The lowest BCUT2D eigenvalue weighted by Crippen LogP contribution is -2.44. The van der Waals surface area contributed by atoms with E-state index in [2.05, 4.69) is 5.32 Å². The van der Waals surface area contributed by atoms with Gasteiger partial charge in [-0.2, -0.15) is 0 Å². The van der Waals surface area contributed by atoms with Crippen molar-refractivity contribution in [1.82, 2.24) is 5.32 Å². The Morgan fingerprint density at radius 3 is 2.55 bits per heavy atom. The first-order valence-electron chi connectivity index (χ1n) is 6.85. The second kappa shape index (κ2) is 6.98. The smallest absolute Gasteiger partial charge is 0.330 e. The van der Waals surface area contributed by atoms with Crippen molar-refractivity contribution in [3.63, 3.8) is 0 Å². The van der Waals surface area contributed by atoms with Gasteiger partial charge in [-0.1, -0.05) is 17.7 Å². The molecule has 0 spiro atoms. The van der Waals surface area contributed by atoms with Crippen LogP contribution >= 0.6 is 11.6 Å². The minimum absolute atomic E-state index is 0.0782. The minimum atomic E-state index is -1.14. The van der Waals surface area contributed by atoms with Crippen molar-refractivity contribution < 1.29 is 24.2 Å². The molecule has 2 N–H and O–H groups in total. The third-order valence-electron chi connectivity index (χ3n) is 3.84. The summed E-state index contributed by atoms with van der Waals surface area (Å²) >= 11 is 6.01. The van der Waals surface area contributed by atoms with Crippen LogP contribution in [0.25, 0.3) is 0 Å². The molecule has 1 unspecified atom stereocenters. The van der Waals surface area contributed by atoms with E-state index in [-0.39, 0.29) is 17.9 Å². The van der Waals surface area contributed by atoms with Crippen LogP contribution < -0.4 is 10.1 Å². The lowest BCUT2D eigenvalue weighted by atomic mass is 9.81. The van der Waals surface area contributed by atoms with Gasteiger partial charge in [0.05, 0.1) is 18.2 Å². The van der Waals surface area contributed by atoms with Gasteiger partial charge in [-0.25, -0.2) is 4.79 Å². The average molecular weight is 328 g/mol. The third-order valence-corrected chi connectivity index (χ3v) is 4.14. The number of aliphatic carboxylic acids is 1. The Kier molecular flexibility index (Phi) is 5.26. The van der Waals surface area contributed by atoms with Crippen LogP contribution in [0.3, 0.4) is 0 Å². The molecule has 2 rings (SSSR count). The molecule has 1 aromatic carbocycles. The highest BCUT2D eigenvalue weighted by atomic mass is 35.5. The van der Waals surface area contributed by atoms with E-state index in [9.17, 15) is 14.7 Å². The second-order valence-corrected chi connectivity index (χ2v) is 5.61. The molecule has 7 heteroatoms. The van der Waals surface area contributed by atoms with E-state index in [4.69, 9.17) is 21.1 Å². The highest BCUT2D eigenvalue weighted by Crippen LogP contribution is 2.31. The SMILES string of the molecule is COc1ccc(C(NC(=O)C2CC(OC)C2)C(=O)O)cc1Cl. The summed E-state index contributed by atoms with van der Waals surface area (Å²) in [5.41, 5.74) is 0.397. The molecular formula is C15H18ClNO5. The van der Waals surface area contributed by atoms with Crippen molar-refractivity contribution >= 4 is 23.5 Å². The van der Waals surface area contributed by atoms with Crippen molar-refractivity contribution in [3.8, 4) is 5.75 Å². The van der Waals surface area contributed by atoms with Gasteiger partial charge < -0.3 is 19.9 Å². The highest BCUT2D eigenvalue weighted by molar-refractivity contribution is 6.32. The number of carboxylic acids is 1. The predicted octanol–water partition coefficient (Wildman–Crippen LogP) is 2.02. The maximum absolute atomic E-state index is 12.1. The summed E-state index contributed by atoms with van der Waals surface area (Å²) in [5.74, 6) is -1.19. The van der Waals surface area contributed by atoms with Crippen LogP contribution in [0.15, 0.2) is 18.2 Å². The van der Waals surface area contributed by atoms with E-state index >= 15 is 0 Å². The Morgan fingerprint density at radius 1 is 1.36 bits per heavy atom. The van der Waals surface area contributed by atoms with Crippen LogP contribution in [0, 0.1) is 5.92 Å². The summed E-state index contributed by atoms with van der Waals surface area (Å²) in [6, 6.07) is 3.49. The van der Waals surface area contributed by atoms with Gasteiger partial charge in [0.25, 0.3) is 0 Å². The Balaban J connectivity index is 2.09. The molecule has 6 nitrogen and oxygen atoms in total. The molecule has 1 atom stereocenters. The van der Waals surface area contributed by atoms with Gasteiger partial charge in [-0.15, -0.1) is 0 Å². The summed E-state index contributed by atoms with van der Waals surface area (Å²) in [5, 5.41) is 12.2. The van der Waals surface area contributed by atoms with Gasteiger partial charge in [0.15, 0.2) is 6.04 Å². The molecule has 1 amide bonds. The first-order chi connectivity index (χ1) is 10.5. The molecule has 1 fully saturated rings.